The second-order valence-corrected chi connectivity index (χ2v) is 8.17. The van der Waals surface area contributed by atoms with Crippen LogP contribution in [0.5, 0.6) is 5.75 Å². The van der Waals surface area contributed by atoms with E-state index in [0.29, 0.717) is 12.4 Å². The summed E-state index contributed by atoms with van der Waals surface area (Å²) >= 11 is 0. The standard InChI is InChI=1S/C23H35N3O13/c1-18(2)24(22(27)16-34-10-12-37-25(29)30)14-21(39-23(28)17-35-11-13-38-26(31)32)15-36-20-6-4-19(5-7-20)8-9-33-3/h4-7,18,21H,8-17H2,1-3H3. The molecule has 1 atom stereocenters. The largest absolute Gasteiger partial charge is 0.490 e. The maximum atomic E-state index is 12.7. The minimum atomic E-state index is -0.976. The molecule has 0 saturated carbocycles. The summed E-state index contributed by atoms with van der Waals surface area (Å²) in [7, 11) is 1.62. The topological polar surface area (TPSA) is 188 Å². The number of nitrogens with zero attached hydrogens (tertiary/aromatic N) is 3. The van der Waals surface area contributed by atoms with Crippen LogP contribution in [0, 0.1) is 20.2 Å². The molecule has 0 radical (unpaired) electrons. The normalized spacial score (nSPS) is 11.5. The van der Waals surface area contributed by atoms with Crippen LogP contribution in [0.25, 0.3) is 0 Å². The van der Waals surface area contributed by atoms with Crippen LogP contribution in [0.4, 0.5) is 0 Å². The Labute approximate surface area is 225 Å². The van der Waals surface area contributed by atoms with Gasteiger partial charge in [0.1, 0.15) is 38.8 Å². The fourth-order valence-corrected chi connectivity index (χ4v) is 3.06. The minimum absolute atomic E-state index is 0.0483. The van der Waals surface area contributed by atoms with Gasteiger partial charge >= 0.3 is 5.97 Å². The van der Waals surface area contributed by atoms with Crippen molar-refractivity contribution in [1.29, 1.82) is 0 Å². The molecule has 1 aromatic rings. The van der Waals surface area contributed by atoms with Gasteiger partial charge in [0.2, 0.25) is 5.91 Å². The van der Waals surface area contributed by atoms with Gasteiger partial charge in [0.15, 0.2) is 6.10 Å². The van der Waals surface area contributed by atoms with Crippen LogP contribution in [-0.2, 0) is 44.6 Å². The summed E-state index contributed by atoms with van der Waals surface area (Å²) in [6.07, 6.45) is -0.177. The summed E-state index contributed by atoms with van der Waals surface area (Å²) in [5, 5.41) is 18.4. The highest BCUT2D eigenvalue weighted by Gasteiger charge is 2.25. The van der Waals surface area contributed by atoms with Crippen molar-refractivity contribution >= 4 is 11.9 Å². The lowest BCUT2D eigenvalue weighted by Crippen LogP contribution is -2.47. The third-order valence-corrected chi connectivity index (χ3v) is 4.89. The smallest absolute Gasteiger partial charge is 0.332 e. The molecule has 0 N–H and O–H groups in total. The van der Waals surface area contributed by atoms with Crippen LogP contribution in [0.3, 0.4) is 0 Å². The van der Waals surface area contributed by atoms with Gasteiger partial charge in [0.25, 0.3) is 10.2 Å². The third-order valence-electron chi connectivity index (χ3n) is 4.89. The van der Waals surface area contributed by atoms with E-state index in [1.165, 1.54) is 4.90 Å². The molecule has 0 saturated heterocycles. The Morgan fingerprint density at radius 1 is 0.897 bits per heavy atom. The molecule has 0 bridgehead atoms. The molecule has 1 rings (SSSR count). The van der Waals surface area contributed by atoms with Gasteiger partial charge < -0.3 is 38.3 Å². The average molecular weight is 562 g/mol. The fourth-order valence-electron chi connectivity index (χ4n) is 3.06. The van der Waals surface area contributed by atoms with Crippen molar-refractivity contribution in [3.63, 3.8) is 0 Å². The predicted octanol–water partition coefficient (Wildman–Crippen LogP) is 0.853. The first-order chi connectivity index (χ1) is 18.6. The summed E-state index contributed by atoms with van der Waals surface area (Å²) in [6, 6.07) is 6.96. The Morgan fingerprint density at radius 3 is 2.03 bits per heavy atom. The van der Waals surface area contributed by atoms with E-state index >= 15 is 0 Å². The number of methoxy groups -OCH3 is 1. The molecule has 0 aromatic heterocycles. The van der Waals surface area contributed by atoms with Crippen LogP contribution < -0.4 is 4.74 Å². The molecule has 1 aromatic carbocycles. The first kappa shape index (κ1) is 33.3. The Kier molecular flexibility index (Phi) is 16.5. The van der Waals surface area contributed by atoms with E-state index in [0.717, 1.165) is 12.0 Å². The van der Waals surface area contributed by atoms with Gasteiger partial charge in [0.05, 0.1) is 26.4 Å². The Bertz CT molecular complexity index is 883. The van der Waals surface area contributed by atoms with E-state index in [9.17, 15) is 29.8 Å². The summed E-state index contributed by atoms with van der Waals surface area (Å²) < 4.78 is 26.5. The highest BCUT2D eigenvalue weighted by molar-refractivity contribution is 5.78. The SMILES string of the molecule is COCCc1ccc(OCC(CN(C(=O)COCCO[N+](=O)[O-])C(C)C)OC(=O)COCCO[N+](=O)[O-])cc1. The van der Waals surface area contributed by atoms with Gasteiger partial charge in [-0.05, 0) is 38.0 Å². The van der Waals surface area contributed by atoms with E-state index in [-0.39, 0.29) is 52.2 Å². The lowest BCUT2D eigenvalue weighted by molar-refractivity contribution is -0.758. The number of ether oxygens (including phenoxy) is 5. The zero-order valence-corrected chi connectivity index (χ0v) is 22.2. The number of amides is 1. The fraction of sp³-hybridized carbons (Fsp3) is 0.652. The third kappa shape index (κ3) is 15.9. The quantitative estimate of drug-likeness (QED) is 0.0839. The van der Waals surface area contributed by atoms with Crippen molar-refractivity contribution in [2.24, 2.45) is 0 Å². The molecule has 0 heterocycles. The van der Waals surface area contributed by atoms with Crippen LogP contribution in [0.15, 0.2) is 24.3 Å². The van der Waals surface area contributed by atoms with E-state index in [4.69, 9.17) is 23.7 Å². The Balaban J connectivity index is 2.77. The number of benzene rings is 1. The molecule has 1 amide bonds. The van der Waals surface area contributed by atoms with Gasteiger partial charge in [-0.15, -0.1) is 20.2 Å². The number of esters is 1. The van der Waals surface area contributed by atoms with E-state index < -0.39 is 34.8 Å². The van der Waals surface area contributed by atoms with Crippen LogP contribution in [0.2, 0.25) is 0 Å². The molecular weight excluding hydrogens is 526 g/mol. The number of carbonyl (C=O) groups excluding carboxylic acids is 2. The van der Waals surface area contributed by atoms with Crippen LogP contribution in [0.1, 0.15) is 19.4 Å². The molecule has 39 heavy (non-hydrogen) atoms. The van der Waals surface area contributed by atoms with Crippen molar-refractivity contribution in [3.8, 4) is 5.75 Å². The van der Waals surface area contributed by atoms with Crippen molar-refractivity contribution in [1.82, 2.24) is 4.90 Å². The average Bonchev–Trinajstić information content (AvgIpc) is 2.88. The monoisotopic (exact) mass is 561 g/mol. The maximum Gasteiger partial charge on any atom is 0.332 e. The van der Waals surface area contributed by atoms with Gasteiger partial charge in [-0.25, -0.2) is 4.79 Å². The predicted molar refractivity (Wildman–Crippen MR) is 132 cm³/mol. The molecule has 0 spiro atoms. The minimum Gasteiger partial charge on any atom is -0.490 e. The molecule has 0 aliphatic rings. The first-order valence-electron chi connectivity index (χ1n) is 12.0. The first-order valence-corrected chi connectivity index (χ1v) is 12.0. The number of rotatable bonds is 22. The molecule has 0 fully saturated rings. The second kappa shape index (κ2) is 19.3. The number of carbonyl (C=O) groups is 2. The van der Waals surface area contributed by atoms with Gasteiger partial charge in [-0.1, -0.05) is 12.1 Å². The van der Waals surface area contributed by atoms with Crippen molar-refractivity contribution in [2.45, 2.75) is 32.4 Å². The molecule has 0 aliphatic heterocycles. The van der Waals surface area contributed by atoms with Crippen molar-refractivity contribution in [3.05, 3.63) is 50.1 Å². The number of hydrogen-bond donors (Lipinski definition) is 0. The molecule has 1 unspecified atom stereocenters. The molecular formula is C23H35N3O13. The lowest BCUT2D eigenvalue weighted by atomic mass is 10.1. The van der Waals surface area contributed by atoms with Crippen molar-refractivity contribution in [2.75, 3.05) is 66.5 Å². The second-order valence-electron chi connectivity index (χ2n) is 8.17. The molecule has 16 nitrogen and oxygen atoms in total. The number of hydrogen-bond acceptors (Lipinski definition) is 13. The Hall–Kier alpha value is -3.76. The molecule has 16 heteroatoms. The van der Waals surface area contributed by atoms with Gasteiger partial charge in [-0.2, -0.15) is 0 Å². The highest BCUT2D eigenvalue weighted by Crippen LogP contribution is 2.14. The van der Waals surface area contributed by atoms with E-state index in [2.05, 4.69) is 9.68 Å². The zero-order chi connectivity index (χ0) is 29.0. The summed E-state index contributed by atoms with van der Waals surface area (Å²) in [4.78, 5) is 55.1. The van der Waals surface area contributed by atoms with Crippen molar-refractivity contribution < 1.29 is 53.1 Å². The molecule has 220 valence electrons. The lowest BCUT2D eigenvalue weighted by Gasteiger charge is -2.30. The maximum absolute atomic E-state index is 12.7. The summed E-state index contributed by atoms with van der Waals surface area (Å²) in [5.74, 6) is -0.700. The van der Waals surface area contributed by atoms with Gasteiger partial charge in [0, 0.05) is 13.2 Å². The van der Waals surface area contributed by atoms with Crippen LogP contribution in [-0.4, -0.2) is 106 Å². The van der Waals surface area contributed by atoms with Crippen LogP contribution >= 0.6 is 0 Å². The Morgan fingerprint density at radius 2 is 1.49 bits per heavy atom. The zero-order valence-electron chi connectivity index (χ0n) is 22.2. The highest BCUT2D eigenvalue weighted by atomic mass is 17.0. The van der Waals surface area contributed by atoms with Gasteiger partial charge in [-0.3, -0.25) is 4.79 Å². The van der Waals surface area contributed by atoms with E-state index in [1.54, 1.807) is 33.1 Å². The summed E-state index contributed by atoms with van der Waals surface area (Å²) in [6.45, 7) is 2.01. The van der Waals surface area contributed by atoms with E-state index in [1.807, 2.05) is 12.1 Å². The molecule has 0 aliphatic carbocycles. The summed E-state index contributed by atoms with van der Waals surface area (Å²) in [5.41, 5.74) is 1.05.